The Kier molecular flexibility index (Phi) is 5.56. The molecule has 0 unspecified atom stereocenters. The van der Waals surface area contributed by atoms with Crippen LogP contribution in [0, 0.1) is 11.3 Å². The number of hydrazone groups is 1. The second-order valence-electron chi connectivity index (χ2n) is 3.38. The van der Waals surface area contributed by atoms with E-state index >= 15 is 0 Å². The van der Waals surface area contributed by atoms with Crippen molar-refractivity contribution in [1.29, 1.82) is 5.26 Å². The minimum absolute atomic E-state index is 0.0334. The van der Waals surface area contributed by atoms with Crippen molar-refractivity contribution in [3.63, 3.8) is 0 Å². The Balaban J connectivity index is 2.42. The number of nitriles is 1. The van der Waals surface area contributed by atoms with E-state index in [0.717, 1.165) is 5.69 Å². The molecule has 0 saturated heterocycles. The van der Waals surface area contributed by atoms with Crippen LogP contribution in [-0.2, 0) is 9.53 Å². The summed E-state index contributed by atoms with van der Waals surface area (Å²) in [6.07, 6.45) is -1.38. The van der Waals surface area contributed by atoms with E-state index in [2.05, 4.69) is 10.5 Å². The molecule has 0 aliphatic heterocycles. The quantitative estimate of drug-likeness (QED) is 0.488. The molecule has 0 radical (unpaired) electrons. The molecule has 7 heteroatoms. The molecular formula is C12H12N4O3. The zero-order chi connectivity index (χ0) is 14.1. The highest BCUT2D eigenvalue weighted by molar-refractivity contribution is 5.97. The summed E-state index contributed by atoms with van der Waals surface area (Å²) in [6, 6.07) is 10.7. The number of anilines is 1. The number of nitrogens with one attached hydrogen (secondary N) is 2. The number of benzene rings is 1. The van der Waals surface area contributed by atoms with Crippen LogP contribution >= 0.6 is 0 Å². The average Bonchev–Trinajstić information content (AvgIpc) is 2.37. The second-order valence-corrected chi connectivity index (χ2v) is 3.38. The fourth-order valence-corrected chi connectivity index (χ4v) is 1.07. The summed E-state index contributed by atoms with van der Waals surface area (Å²) in [5, 5.41) is 13.9. The zero-order valence-corrected chi connectivity index (χ0v) is 10.2. The van der Waals surface area contributed by atoms with Gasteiger partial charge in [0.25, 0.3) is 0 Å². The average molecular weight is 260 g/mol. The molecule has 0 bridgehead atoms. The molecule has 19 heavy (non-hydrogen) atoms. The van der Waals surface area contributed by atoms with Gasteiger partial charge in [0.05, 0.1) is 11.8 Å². The van der Waals surface area contributed by atoms with Crippen LogP contribution in [0.5, 0.6) is 0 Å². The van der Waals surface area contributed by atoms with Crippen LogP contribution in [0.3, 0.4) is 0 Å². The second kappa shape index (κ2) is 7.45. The number of nitrogens with zero attached hydrogens (tertiary/aromatic N) is 2. The topological polar surface area (TPSA) is 104 Å². The summed E-state index contributed by atoms with van der Waals surface area (Å²) in [7, 11) is 0. The first-order chi connectivity index (χ1) is 9.11. The van der Waals surface area contributed by atoms with Crippen LogP contribution in [0.15, 0.2) is 35.4 Å². The van der Waals surface area contributed by atoms with Crippen LogP contribution < -0.4 is 10.7 Å². The van der Waals surface area contributed by atoms with Gasteiger partial charge in [0.15, 0.2) is 0 Å². The van der Waals surface area contributed by atoms with Gasteiger partial charge in [0, 0.05) is 6.92 Å². The Labute approximate surface area is 109 Å². The molecule has 0 fully saturated rings. The van der Waals surface area contributed by atoms with Crippen LogP contribution in [0.4, 0.5) is 10.5 Å². The molecule has 98 valence electrons. The molecule has 0 spiro atoms. The summed E-state index contributed by atoms with van der Waals surface area (Å²) in [4.78, 5) is 22.1. The monoisotopic (exact) mass is 260 g/mol. The van der Waals surface area contributed by atoms with Crippen molar-refractivity contribution in [2.45, 2.75) is 13.3 Å². The summed E-state index contributed by atoms with van der Waals surface area (Å²) in [5.74, 6) is -0.692. The molecule has 1 rings (SSSR count). The minimum atomic E-state index is -0.976. The smallest absolute Gasteiger partial charge is 0.394 e. The molecule has 0 saturated carbocycles. The maximum absolute atomic E-state index is 11.2. The van der Waals surface area contributed by atoms with E-state index in [1.807, 2.05) is 23.5 Å². The third-order valence-corrected chi connectivity index (χ3v) is 1.84. The van der Waals surface area contributed by atoms with Gasteiger partial charge in [-0.05, 0) is 12.1 Å². The number of carbonyl (C=O) groups excluding carboxylic acids is 2. The molecule has 0 heterocycles. The van der Waals surface area contributed by atoms with Gasteiger partial charge < -0.3 is 4.74 Å². The largest absolute Gasteiger partial charge is 0.420 e. The van der Waals surface area contributed by atoms with Gasteiger partial charge in [0.1, 0.15) is 6.42 Å². The molecule has 2 amide bonds. The number of para-hydroxylation sites is 1. The standard InChI is InChI=1S/C12H12N4O3/c1-9(15-16-10-5-3-2-4-6-10)19-12(18)14-11(17)7-8-13/h2-6,16H,7H2,1H3,(H,14,17,18). The fraction of sp³-hybridized carbons (Fsp3) is 0.167. The van der Waals surface area contributed by atoms with Gasteiger partial charge in [-0.3, -0.25) is 15.5 Å². The zero-order valence-electron chi connectivity index (χ0n) is 10.2. The van der Waals surface area contributed by atoms with Gasteiger partial charge in [-0.1, -0.05) is 18.2 Å². The summed E-state index contributed by atoms with van der Waals surface area (Å²) < 4.78 is 4.70. The third-order valence-electron chi connectivity index (χ3n) is 1.84. The van der Waals surface area contributed by atoms with E-state index in [-0.39, 0.29) is 5.90 Å². The SMILES string of the molecule is CC(=NNc1ccccc1)OC(=O)NC(=O)CC#N. The predicted molar refractivity (Wildman–Crippen MR) is 68.0 cm³/mol. The van der Waals surface area contributed by atoms with Crippen molar-refractivity contribution in [3.05, 3.63) is 30.3 Å². The molecule has 0 atom stereocenters. The normalized spacial score (nSPS) is 10.2. The van der Waals surface area contributed by atoms with E-state index in [1.165, 1.54) is 6.92 Å². The van der Waals surface area contributed by atoms with Crippen LogP contribution in [-0.4, -0.2) is 17.9 Å². The van der Waals surface area contributed by atoms with Crippen LogP contribution in [0.2, 0.25) is 0 Å². The van der Waals surface area contributed by atoms with E-state index in [1.54, 1.807) is 18.2 Å². The molecule has 1 aromatic rings. The van der Waals surface area contributed by atoms with Crippen LogP contribution in [0.1, 0.15) is 13.3 Å². The number of imide groups is 1. The lowest BCUT2D eigenvalue weighted by Crippen LogP contribution is -2.31. The Bertz CT molecular complexity index is 520. The summed E-state index contributed by atoms with van der Waals surface area (Å²) in [6.45, 7) is 1.45. The number of ether oxygens (including phenoxy) is 1. The van der Waals surface area contributed by atoms with Gasteiger partial charge >= 0.3 is 6.09 Å². The first-order valence-electron chi connectivity index (χ1n) is 5.36. The van der Waals surface area contributed by atoms with Gasteiger partial charge in [-0.2, -0.15) is 5.26 Å². The number of hydrogen-bond donors (Lipinski definition) is 2. The van der Waals surface area contributed by atoms with E-state index in [4.69, 9.17) is 10.00 Å². The predicted octanol–water partition coefficient (Wildman–Crippen LogP) is 1.60. The first-order valence-corrected chi connectivity index (χ1v) is 5.36. The molecule has 7 nitrogen and oxygen atoms in total. The highest BCUT2D eigenvalue weighted by atomic mass is 16.6. The Morgan fingerprint density at radius 3 is 2.68 bits per heavy atom. The van der Waals surface area contributed by atoms with Gasteiger partial charge in [0.2, 0.25) is 11.8 Å². The van der Waals surface area contributed by atoms with Crippen LogP contribution in [0.25, 0.3) is 0 Å². The first kappa shape index (κ1) is 14.2. The van der Waals surface area contributed by atoms with Crippen molar-refractivity contribution in [2.24, 2.45) is 5.10 Å². The summed E-state index contributed by atoms with van der Waals surface area (Å²) >= 11 is 0. The Morgan fingerprint density at radius 2 is 2.05 bits per heavy atom. The lowest BCUT2D eigenvalue weighted by Gasteiger charge is -2.04. The van der Waals surface area contributed by atoms with Crippen molar-refractivity contribution in [2.75, 3.05) is 5.43 Å². The highest BCUT2D eigenvalue weighted by Crippen LogP contribution is 2.04. The Hall–Kier alpha value is -2.88. The maximum Gasteiger partial charge on any atom is 0.420 e. The summed E-state index contributed by atoms with van der Waals surface area (Å²) in [5.41, 5.74) is 3.40. The number of carbonyl (C=O) groups is 2. The molecule has 0 aromatic heterocycles. The van der Waals surface area contributed by atoms with Gasteiger partial charge in [-0.15, -0.1) is 5.10 Å². The number of hydrogen-bond acceptors (Lipinski definition) is 6. The van der Waals surface area contributed by atoms with Crippen molar-refractivity contribution >= 4 is 23.6 Å². The van der Waals surface area contributed by atoms with E-state index in [9.17, 15) is 9.59 Å². The van der Waals surface area contributed by atoms with Crippen molar-refractivity contribution in [3.8, 4) is 6.07 Å². The van der Waals surface area contributed by atoms with Crippen molar-refractivity contribution < 1.29 is 14.3 Å². The number of amides is 2. The van der Waals surface area contributed by atoms with Gasteiger partial charge in [-0.25, -0.2) is 4.79 Å². The maximum atomic E-state index is 11.2. The molecule has 0 aliphatic rings. The van der Waals surface area contributed by atoms with E-state index in [0.29, 0.717) is 0 Å². The highest BCUT2D eigenvalue weighted by Gasteiger charge is 2.09. The third kappa shape index (κ3) is 5.83. The number of rotatable bonds is 3. The minimum Gasteiger partial charge on any atom is -0.394 e. The lowest BCUT2D eigenvalue weighted by atomic mass is 10.3. The fourth-order valence-electron chi connectivity index (χ4n) is 1.07. The lowest BCUT2D eigenvalue weighted by molar-refractivity contribution is -0.119. The molecule has 0 aliphatic carbocycles. The van der Waals surface area contributed by atoms with Crippen molar-refractivity contribution in [1.82, 2.24) is 5.32 Å². The van der Waals surface area contributed by atoms with E-state index < -0.39 is 18.4 Å². The molecular weight excluding hydrogens is 248 g/mol. The molecule has 2 N–H and O–H groups in total. The number of alkyl carbamates (subject to hydrolysis) is 1. The molecule has 1 aromatic carbocycles. The Morgan fingerprint density at radius 1 is 1.37 bits per heavy atom.